The molecule has 2 aliphatic rings. The highest BCUT2D eigenvalue weighted by atomic mass is 16.5. The van der Waals surface area contributed by atoms with Crippen LogP contribution in [0.2, 0.25) is 0 Å². The molecule has 1 aromatic carbocycles. The maximum atomic E-state index is 6.64. The molecule has 0 aliphatic heterocycles. The Bertz CT molecular complexity index is 504. The van der Waals surface area contributed by atoms with Crippen LogP contribution in [0.3, 0.4) is 0 Å². The van der Waals surface area contributed by atoms with E-state index in [-0.39, 0.29) is 5.60 Å². The smallest absolute Gasteiger partial charge is 0.0746 e. The summed E-state index contributed by atoms with van der Waals surface area (Å²) in [5.74, 6) is 1.23. The Kier molecular flexibility index (Phi) is 3.96. The van der Waals surface area contributed by atoms with E-state index < -0.39 is 0 Å². The lowest BCUT2D eigenvalue weighted by molar-refractivity contribution is -0.128. The van der Waals surface area contributed by atoms with Gasteiger partial charge in [0.1, 0.15) is 0 Å². The number of benzene rings is 1. The molecule has 1 nitrogen and oxygen atoms in total. The molecule has 1 heteroatoms. The number of allylic oxidation sites excluding steroid dienone is 2. The second kappa shape index (κ2) is 5.61. The van der Waals surface area contributed by atoms with Gasteiger partial charge in [-0.25, -0.2) is 0 Å². The van der Waals surface area contributed by atoms with Gasteiger partial charge < -0.3 is 4.74 Å². The molecule has 114 valence electrons. The highest BCUT2D eigenvalue weighted by Gasteiger charge is 2.56. The second-order valence-corrected chi connectivity index (χ2v) is 7.50. The lowest BCUT2D eigenvalue weighted by atomic mass is 9.66. The number of hydrogen-bond donors (Lipinski definition) is 0. The molecular weight excluding hydrogens is 256 g/mol. The molecule has 0 spiro atoms. The summed E-state index contributed by atoms with van der Waals surface area (Å²) in [6, 6.07) is 10.6. The first kappa shape index (κ1) is 14.8. The summed E-state index contributed by atoms with van der Waals surface area (Å²) in [4.78, 5) is 0. The Labute approximate surface area is 129 Å². The van der Waals surface area contributed by atoms with Gasteiger partial charge in [-0.15, -0.1) is 0 Å². The van der Waals surface area contributed by atoms with Gasteiger partial charge in [0.25, 0.3) is 0 Å². The van der Waals surface area contributed by atoms with Crippen molar-refractivity contribution in [2.45, 2.75) is 58.7 Å². The lowest BCUT2D eigenvalue weighted by Crippen LogP contribution is -2.46. The monoisotopic (exact) mass is 284 g/mol. The minimum atomic E-state index is 0.0509. The van der Waals surface area contributed by atoms with E-state index in [1.54, 1.807) is 0 Å². The SMILES string of the molecule is CC(C)[C@]1(OCc2ccccc2)CC[C@]2(C)CC=CC[C@H]21. The predicted molar refractivity (Wildman–Crippen MR) is 88.0 cm³/mol. The van der Waals surface area contributed by atoms with Crippen molar-refractivity contribution in [2.75, 3.05) is 0 Å². The molecule has 1 fully saturated rings. The Morgan fingerprint density at radius 1 is 1.14 bits per heavy atom. The average molecular weight is 284 g/mol. The van der Waals surface area contributed by atoms with E-state index in [0.717, 1.165) is 6.61 Å². The first-order valence-electron chi connectivity index (χ1n) is 8.40. The molecule has 0 radical (unpaired) electrons. The maximum Gasteiger partial charge on any atom is 0.0746 e. The van der Waals surface area contributed by atoms with E-state index in [9.17, 15) is 0 Å². The zero-order valence-electron chi connectivity index (χ0n) is 13.6. The van der Waals surface area contributed by atoms with Crippen molar-refractivity contribution < 1.29 is 4.74 Å². The van der Waals surface area contributed by atoms with E-state index in [1.165, 1.54) is 31.2 Å². The molecule has 1 aromatic rings. The van der Waals surface area contributed by atoms with Gasteiger partial charge in [0.05, 0.1) is 12.2 Å². The van der Waals surface area contributed by atoms with Crippen LogP contribution in [0.15, 0.2) is 42.5 Å². The number of rotatable bonds is 4. The van der Waals surface area contributed by atoms with E-state index in [1.807, 2.05) is 0 Å². The Morgan fingerprint density at radius 2 is 1.90 bits per heavy atom. The van der Waals surface area contributed by atoms with Crippen LogP contribution in [0.1, 0.15) is 52.0 Å². The van der Waals surface area contributed by atoms with Gasteiger partial charge in [-0.3, -0.25) is 0 Å². The molecule has 1 saturated carbocycles. The summed E-state index contributed by atoms with van der Waals surface area (Å²) in [6.07, 6.45) is 9.67. The normalized spacial score (nSPS) is 35.1. The molecule has 0 bridgehead atoms. The molecule has 2 aliphatic carbocycles. The van der Waals surface area contributed by atoms with Crippen LogP contribution in [0.25, 0.3) is 0 Å². The highest BCUT2D eigenvalue weighted by molar-refractivity contribution is 5.16. The summed E-state index contributed by atoms with van der Waals surface area (Å²) in [7, 11) is 0. The third kappa shape index (κ3) is 2.57. The maximum absolute atomic E-state index is 6.64. The molecular formula is C20H28O. The number of fused-ring (bicyclic) bond motifs is 1. The van der Waals surface area contributed by atoms with E-state index in [0.29, 0.717) is 17.3 Å². The lowest BCUT2D eigenvalue weighted by Gasteiger charge is -2.45. The fourth-order valence-corrected chi connectivity index (χ4v) is 4.55. The van der Waals surface area contributed by atoms with E-state index >= 15 is 0 Å². The van der Waals surface area contributed by atoms with Crippen molar-refractivity contribution >= 4 is 0 Å². The molecule has 0 aromatic heterocycles. The highest BCUT2D eigenvalue weighted by Crippen LogP contribution is 2.58. The van der Waals surface area contributed by atoms with Crippen molar-refractivity contribution in [2.24, 2.45) is 17.3 Å². The van der Waals surface area contributed by atoms with Crippen molar-refractivity contribution in [3.8, 4) is 0 Å². The van der Waals surface area contributed by atoms with Crippen LogP contribution < -0.4 is 0 Å². The summed E-state index contributed by atoms with van der Waals surface area (Å²) in [5.41, 5.74) is 1.78. The van der Waals surface area contributed by atoms with Crippen LogP contribution in [0.4, 0.5) is 0 Å². The second-order valence-electron chi connectivity index (χ2n) is 7.50. The van der Waals surface area contributed by atoms with Gasteiger partial charge in [-0.05, 0) is 48.5 Å². The molecule has 0 amide bonds. The van der Waals surface area contributed by atoms with Crippen LogP contribution in [0, 0.1) is 17.3 Å². The van der Waals surface area contributed by atoms with E-state index in [4.69, 9.17) is 4.74 Å². The van der Waals surface area contributed by atoms with Crippen LogP contribution in [0.5, 0.6) is 0 Å². The van der Waals surface area contributed by atoms with Crippen LogP contribution in [-0.2, 0) is 11.3 Å². The Balaban J connectivity index is 1.82. The minimum absolute atomic E-state index is 0.0509. The largest absolute Gasteiger partial charge is 0.370 e. The Morgan fingerprint density at radius 3 is 2.62 bits per heavy atom. The summed E-state index contributed by atoms with van der Waals surface area (Å²) < 4.78 is 6.64. The molecule has 3 rings (SSSR count). The average Bonchev–Trinajstić information content (AvgIpc) is 2.80. The van der Waals surface area contributed by atoms with Gasteiger partial charge in [0.2, 0.25) is 0 Å². The van der Waals surface area contributed by atoms with E-state index in [2.05, 4.69) is 63.3 Å². The molecule has 0 unspecified atom stereocenters. The molecule has 0 saturated heterocycles. The number of ether oxygens (including phenoxy) is 1. The zero-order valence-corrected chi connectivity index (χ0v) is 13.6. The first-order valence-corrected chi connectivity index (χ1v) is 8.40. The fourth-order valence-electron chi connectivity index (χ4n) is 4.55. The van der Waals surface area contributed by atoms with Crippen molar-refractivity contribution in [1.29, 1.82) is 0 Å². The predicted octanol–water partition coefficient (Wildman–Crippen LogP) is 5.36. The topological polar surface area (TPSA) is 9.23 Å². The number of hydrogen-bond acceptors (Lipinski definition) is 1. The Hall–Kier alpha value is -1.08. The summed E-state index contributed by atoms with van der Waals surface area (Å²) >= 11 is 0. The van der Waals surface area contributed by atoms with Gasteiger partial charge >= 0.3 is 0 Å². The van der Waals surface area contributed by atoms with Crippen molar-refractivity contribution in [3.05, 3.63) is 48.0 Å². The van der Waals surface area contributed by atoms with Gasteiger partial charge in [-0.1, -0.05) is 63.3 Å². The van der Waals surface area contributed by atoms with Crippen LogP contribution in [-0.4, -0.2) is 5.60 Å². The van der Waals surface area contributed by atoms with Gasteiger partial charge in [-0.2, -0.15) is 0 Å². The third-order valence-corrected chi connectivity index (χ3v) is 5.97. The van der Waals surface area contributed by atoms with Crippen molar-refractivity contribution in [3.63, 3.8) is 0 Å². The summed E-state index contributed by atoms with van der Waals surface area (Å²) in [6.45, 7) is 7.90. The van der Waals surface area contributed by atoms with Crippen LogP contribution >= 0.6 is 0 Å². The van der Waals surface area contributed by atoms with Crippen molar-refractivity contribution in [1.82, 2.24) is 0 Å². The molecule has 21 heavy (non-hydrogen) atoms. The first-order chi connectivity index (χ1) is 10.1. The molecule has 0 heterocycles. The third-order valence-electron chi connectivity index (χ3n) is 5.97. The standard InChI is InChI=1S/C20H28O/c1-16(2)20(21-15-17-9-5-4-6-10-17)14-13-19(3)12-8-7-11-18(19)20/h4-10,16,18H,11-15H2,1-3H3/t18-,19+,20-/m1/s1. The zero-order chi connectivity index (χ0) is 14.9. The molecule has 3 atom stereocenters. The van der Waals surface area contributed by atoms with Gasteiger partial charge in [0, 0.05) is 0 Å². The van der Waals surface area contributed by atoms with Gasteiger partial charge in [0.15, 0.2) is 0 Å². The quantitative estimate of drug-likeness (QED) is 0.676. The minimum Gasteiger partial charge on any atom is -0.370 e. The summed E-state index contributed by atoms with van der Waals surface area (Å²) in [5, 5.41) is 0. The molecule has 0 N–H and O–H groups in total. The fraction of sp³-hybridized carbons (Fsp3) is 0.600.